The first kappa shape index (κ1) is 23.5. The largest absolute Gasteiger partial charge is 0.491 e. The summed E-state index contributed by atoms with van der Waals surface area (Å²) < 4.78 is 46.2. The van der Waals surface area contributed by atoms with Crippen LogP contribution in [0.15, 0.2) is 47.4 Å². The first-order valence-electron chi connectivity index (χ1n) is 10.3. The molecule has 1 aliphatic heterocycles. The lowest BCUT2D eigenvalue weighted by atomic mass is 10.2. The standard InChI is InChI=1S/C21H24N4O6S2/c1-30-21(27)15-5-7-17(8-6-15)31-14-16(26)13-24-9-11-25(12-10-24)33(28,29)19-4-2-3-18-20(19)23-32-22-18/h2-8,16,26H,9-14H2,1H3/t16-/m0/s1. The van der Waals surface area contributed by atoms with E-state index in [2.05, 4.69) is 13.5 Å². The van der Waals surface area contributed by atoms with E-state index in [-0.39, 0.29) is 11.5 Å². The number of fused-ring (bicyclic) bond motifs is 1. The fraction of sp³-hybridized carbons (Fsp3) is 0.381. The van der Waals surface area contributed by atoms with Gasteiger partial charge in [-0.3, -0.25) is 4.90 Å². The fourth-order valence-electron chi connectivity index (χ4n) is 3.63. The summed E-state index contributed by atoms with van der Waals surface area (Å²) in [6, 6.07) is 11.4. The molecule has 176 valence electrons. The summed E-state index contributed by atoms with van der Waals surface area (Å²) in [5.74, 6) is 0.103. The van der Waals surface area contributed by atoms with E-state index in [4.69, 9.17) is 4.74 Å². The van der Waals surface area contributed by atoms with Crippen LogP contribution in [-0.4, -0.2) is 90.0 Å². The van der Waals surface area contributed by atoms with Crippen LogP contribution in [0.25, 0.3) is 11.0 Å². The van der Waals surface area contributed by atoms with Crippen LogP contribution in [0, 0.1) is 0 Å². The van der Waals surface area contributed by atoms with Gasteiger partial charge in [0.05, 0.1) is 24.4 Å². The maximum Gasteiger partial charge on any atom is 0.337 e. The quantitative estimate of drug-likeness (QED) is 0.463. The van der Waals surface area contributed by atoms with E-state index in [0.717, 1.165) is 11.7 Å². The van der Waals surface area contributed by atoms with Crippen molar-refractivity contribution in [2.45, 2.75) is 11.0 Å². The summed E-state index contributed by atoms with van der Waals surface area (Å²) in [5, 5.41) is 10.4. The Bertz CT molecular complexity index is 1210. The molecule has 3 aromatic rings. The van der Waals surface area contributed by atoms with Crippen LogP contribution in [0.5, 0.6) is 5.75 Å². The average Bonchev–Trinajstić information content (AvgIpc) is 3.32. The molecule has 10 nitrogen and oxygen atoms in total. The molecule has 0 unspecified atom stereocenters. The van der Waals surface area contributed by atoms with Crippen LogP contribution >= 0.6 is 11.7 Å². The molecule has 33 heavy (non-hydrogen) atoms. The van der Waals surface area contributed by atoms with E-state index < -0.39 is 22.1 Å². The van der Waals surface area contributed by atoms with Crippen molar-refractivity contribution >= 4 is 38.8 Å². The van der Waals surface area contributed by atoms with Crippen molar-refractivity contribution < 1.29 is 27.8 Å². The lowest BCUT2D eigenvalue weighted by molar-refractivity contribution is 0.0566. The minimum Gasteiger partial charge on any atom is -0.491 e. The number of ether oxygens (including phenoxy) is 2. The molecule has 0 amide bonds. The van der Waals surface area contributed by atoms with Crippen molar-refractivity contribution in [3.05, 3.63) is 48.0 Å². The molecule has 1 atom stereocenters. The second kappa shape index (κ2) is 10.1. The fourth-order valence-corrected chi connectivity index (χ4v) is 5.80. The lowest BCUT2D eigenvalue weighted by Gasteiger charge is -2.34. The van der Waals surface area contributed by atoms with Crippen LogP contribution in [-0.2, 0) is 14.8 Å². The van der Waals surface area contributed by atoms with Gasteiger partial charge in [0.2, 0.25) is 10.0 Å². The highest BCUT2D eigenvalue weighted by atomic mass is 32.2. The number of carbonyl (C=O) groups is 1. The summed E-state index contributed by atoms with van der Waals surface area (Å²) in [7, 11) is -2.36. The Kier molecular flexibility index (Phi) is 7.20. The molecule has 0 spiro atoms. The van der Waals surface area contributed by atoms with Gasteiger partial charge in [0.25, 0.3) is 0 Å². The number of piperazine rings is 1. The molecule has 0 saturated carbocycles. The summed E-state index contributed by atoms with van der Waals surface area (Å²) in [4.78, 5) is 13.6. The molecule has 1 aromatic heterocycles. The zero-order chi connectivity index (χ0) is 23.4. The predicted octanol–water partition coefficient (Wildman–Crippen LogP) is 1.22. The lowest BCUT2D eigenvalue weighted by Crippen LogP contribution is -2.50. The number of carbonyl (C=O) groups excluding carboxylic acids is 1. The van der Waals surface area contributed by atoms with E-state index in [9.17, 15) is 18.3 Å². The highest BCUT2D eigenvalue weighted by molar-refractivity contribution is 7.89. The smallest absolute Gasteiger partial charge is 0.337 e. The van der Waals surface area contributed by atoms with Crippen LogP contribution < -0.4 is 4.74 Å². The van der Waals surface area contributed by atoms with Gasteiger partial charge in [-0.1, -0.05) is 6.07 Å². The Morgan fingerprint density at radius 2 is 1.85 bits per heavy atom. The molecule has 0 radical (unpaired) electrons. The van der Waals surface area contributed by atoms with Crippen molar-refractivity contribution in [2.75, 3.05) is 46.4 Å². The summed E-state index contributed by atoms with van der Waals surface area (Å²) in [5.41, 5.74) is 1.39. The molecule has 2 heterocycles. The molecular weight excluding hydrogens is 468 g/mol. The number of methoxy groups -OCH3 is 1. The van der Waals surface area contributed by atoms with Crippen molar-refractivity contribution in [1.29, 1.82) is 0 Å². The molecule has 4 rings (SSSR count). The summed E-state index contributed by atoms with van der Waals surface area (Å²) in [6.45, 7) is 2.07. The third-order valence-corrected chi connectivity index (χ3v) is 7.86. The van der Waals surface area contributed by atoms with Gasteiger partial charge in [-0.25, -0.2) is 13.2 Å². The van der Waals surface area contributed by atoms with Crippen molar-refractivity contribution in [2.24, 2.45) is 0 Å². The second-order valence-corrected chi connectivity index (χ2v) is 10.0. The van der Waals surface area contributed by atoms with E-state index in [1.807, 2.05) is 4.90 Å². The van der Waals surface area contributed by atoms with Crippen LogP contribution in [0.4, 0.5) is 0 Å². The number of sulfonamides is 1. The number of hydrogen-bond donors (Lipinski definition) is 1. The third kappa shape index (κ3) is 5.31. The maximum atomic E-state index is 13.1. The topological polar surface area (TPSA) is 122 Å². The van der Waals surface area contributed by atoms with Crippen LogP contribution in [0.2, 0.25) is 0 Å². The summed E-state index contributed by atoms with van der Waals surface area (Å²) in [6.07, 6.45) is -0.747. The first-order chi connectivity index (χ1) is 15.9. The highest BCUT2D eigenvalue weighted by Gasteiger charge is 2.31. The number of hydrogen-bond acceptors (Lipinski definition) is 10. The minimum atomic E-state index is -3.68. The number of aromatic nitrogens is 2. The van der Waals surface area contributed by atoms with Crippen molar-refractivity contribution in [3.8, 4) is 5.75 Å². The molecule has 0 bridgehead atoms. The number of aliphatic hydroxyl groups excluding tert-OH is 1. The Morgan fingerprint density at radius 3 is 2.55 bits per heavy atom. The molecular formula is C21H24N4O6S2. The predicted molar refractivity (Wildman–Crippen MR) is 122 cm³/mol. The molecule has 2 aromatic carbocycles. The third-order valence-electron chi connectivity index (χ3n) is 5.38. The molecule has 1 saturated heterocycles. The number of nitrogens with zero attached hydrogens (tertiary/aromatic N) is 4. The monoisotopic (exact) mass is 492 g/mol. The highest BCUT2D eigenvalue weighted by Crippen LogP contribution is 2.25. The Labute approximate surface area is 195 Å². The Morgan fingerprint density at radius 1 is 1.12 bits per heavy atom. The number of benzene rings is 2. The van der Waals surface area contributed by atoms with Gasteiger partial charge in [-0.2, -0.15) is 13.1 Å². The molecule has 1 N–H and O–H groups in total. The minimum absolute atomic E-state index is 0.0783. The Balaban J connectivity index is 1.27. The van der Waals surface area contributed by atoms with Gasteiger partial charge < -0.3 is 14.6 Å². The second-order valence-electron chi connectivity index (χ2n) is 7.57. The van der Waals surface area contributed by atoms with E-state index in [1.165, 1.54) is 11.4 Å². The van der Waals surface area contributed by atoms with Crippen LogP contribution in [0.1, 0.15) is 10.4 Å². The Hall–Kier alpha value is -2.64. The van der Waals surface area contributed by atoms with Crippen molar-refractivity contribution in [1.82, 2.24) is 18.0 Å². The SMILES string of the molecule is COC(=O)c1ccc(OC[C@@H](O)CN2CCN(S(=O)(=O)c3cccc4nsnc34)CC2)cc1. The van der Waals surface area contributed by atoms with E-state index in [0.29, 0.717) is 55.1 Å². The maximum absolute atomic E-state index is 13.1. The van der Waals surface area contributed by atoms with Gasteiger partial charge in [0.15, 0.2) is 0 Å². The number of rotatable bonds is 8. The van der Waals surface area contributed by atoms with Crippen LogP contribution in [0.3, 0.4) is 0 Å². The number of esters is 1. The van der Waals surface area contributed by atoms with E-state index in [1.54, 1.807) is 42.5 Å². The zero-order valence-electron chi connectivity index (χ0n) is 18.0. The zero-order valence-corrected chi connectivity index (χ0v) is 19.6. The van der Waals surface area contributed by atoms with Gasteiger partial charge in [-0.05, 0) is 36.4 Å². The average molecular weight is 493 g/mol. The van der Waals surface area contributed by atoms with E-state index >= 15 is 0 Å². The normalized spacial score (nSPS) is 16.5. The van der Waals surface area contributed by atoms with Gasteiger partial charge >= 0.3 is 5.97 Å². The molecule has 1 fully saturated rings. The summed E-state index contributed by atoms with van der Waals surface area (Å²) >= 11 is 0.991. The van der Waals surface area contributed by atoms with Gasteiger partial charge in [-0.15, -0.1) is 0 Å². The van der Waals surface area contributed by atoms with Gasteiger partial charge in [0, 0.05) is 32.7 Å². The number of β-amino-alcohol motifs (C(OH)–C–C–N with tert-alkyl or cyclic N) is 1. The molecule has 1 aliphatic rings. The van der Waals surface area contributed by atoms with Crippen molar-refractivity contribution in [3.63, 3.8) is 0 Å². The molecule has 0 aliphatic carbocycles. The van der Waals surface area contributed by atoms with Gasteiger partial charge in [0.1, 0.15) is 34.4 Å². The first-order valence-corrected chi connectivity index (χ1v) is 12.5. The number of aliphatic hydroxyl groups is 1. The molecule has 12 heteroatoms.